The molecular formula is C22H25ClN2O6. The molecule has 1 atom stereocenters. The molecule has 0 unspecified atom stereocenters. The van der Waals surface area contributed by atoms with Crippen LogP contribution in [0.2, 0.25) is 5.02 Å². The fraction of sp³-hybridized carbons (Fsp3) is 0.364. The molecule has 0 spiro atoms. The highest BCUT2D eigenvalue weighted by Crippen LogP contribution is 2.40. The van der Waals surface area contributed by atoms with E-state index in [1.807, 2.05) is 6.07 Å². The van der Waals surface area contributed by atoms with Crippen LogP contribution in [0.3, 0.4) is 0 Å². The molecule has 1 aliphatic rings. The van der Waals surface area contributed by atoms with Gasteiger partial charge in [-0.25, -0.2) is 4.79 Å². The normalized spacial score (nSPS) is 15.0. The quantitative estimate of drug-likeness (QED) is 0.670. The van der Waals surface area contributed by atoms with Crippen molar-refractivity contribution in [1.29, 1.82) is 0 Å². The fourth-order valence-electron chi connectivity index (χ4n) is 3.70. The van der Waals surface area contributed by atoms with Crippen molar-refractivity contribution in [2.75, 3.05) is 40.3 Å². The lowest BCUT2D eigenvalue weighted by Gasteiger charge is -2.37. The summed E-state index contributed by atoms with van der Waals surface area (Å²) in [5.41, 5.74) is 2.23. The van der Waals surface area contributed by atoms with Gasteiger partial charge in [-0.15, -0.1) is 0 Å². The molecule has 0 saturated carbocycles. The van der Waals surface area contributed by atoms with Gasteiger partial charge in [-0.2, -0.15) is 0 Å². The molecule has 8 nitrogen and oxygen atoms in total. The average Bonchev–Trinajstić information content (AvgIpc) is 2.78. The number of fused-ring (bicyclic) bond motifs is 1. The summed E-state index contributed by atoms with van der Waals surface area (Å²) in [6.07, 6.45) is 0.590. The summed E-state index contributed by atoms with van der Waals surface area (Å²) in [6.45, 7) is 0.402. The zero-order valence-corrected chi connectivity index (χ0v) is 18.6. The van der Waals surface area contributed by atoms with Crippen LogP contribution >= 0.6 is 11.6 Å². The number of carbonyl (C=O) groups excluding carboxylic acids is 2. The molecule has 0 saturated heterocycles. The third-order valence-corrected chi connectivity index (χ3v) is 5.49. The van der Waals surface area contributed by atoms with Gasteiger partial charge in [0.1, 0.15) is 5.75 Å². The van der Waals surface area contributed by atoms with Crippen LogP contribution in [0, 0.1) is 0 Å². The van der Waals surface area contributed by atoms with Crippen LogP contribution in [0.15, 0.2) is 30.3 Å². The van der Waals surface area contributed by atoms with Crippen LogP contribution in [0.5, 0.6) is 17.2 Å². The van der Waals surface area contributed by atoms with Gasteiger partial charge in [0, 0.05) is 11.6 Å². The van der Waals surface area contributed by atoms with Crippen molar-refractivity contribution in [3.63, 3.8) is 0 Å². The van der Waals surface area contributed by atoms with E-state index in [0.29, 0.717) is 40.9 Å². The zero-order chi connectivity index (χ0) is 22.5. The average molecular weight is 449 g/mol. The number of benzene rings is 2. The second kappa shape index (κ2) is 9.78. The summed E-state index contributed by atoms with van der Waals surface area (Å²) in [5, 5.41) is 3.31. The van der Waals surface area contributed by atoms with Gasteiger partial charge in [-0.05, 0) is 47.9 Å². The van der Waals surface area contributed by atoms with Gasteiger partial charge in [0.2, 0.25) is 0 Å². The van der Waals surface area contributed by atoms with Crippen LogP contribution in [-0.4, -0.2) is 51.9 Å². The topological polar surface area (TPSA) is 86.3 Å². The molecule has 0 aliphatic carbocycles. The minimum atomic E-state index is -0.541. The molecule has 2 aromatic rings. The van der Waals surface area contributed by atoms with Crippen LogP contribution < -0.4 is 19.5 Å². The Hall–Kier alpha value is -3.13. The maximum Gasteiger partial charge on any atom is 0.322 e. The van der Waals surface area contributed by atoms with Crippen molar-refractivity contribution in [2.24, 2.45) is 0 Å². The maximum absolute atomic E-state index is 13.2. The second-order valence-corrected chi connectivity index (χ2v) is 7.36. The maximum atomic E-state index is 13.2. The lowest BCUT2D eigenvalue weighted by molar-refractivity contribution is -0.141. The van der Waals surface area contributed by atoms with E-state index in [-0.39, 0.29) is 12.5 Å². The van der Waals surface area contributed by atoms with Gasteiger partial charge in [0.15, 0.2) is 11.5 Å². The molecule has 0 aromatic heterocycles. The highest BCUT2D eigenvalue weighted by Gasteiger charge is 2.34. The predicted octanol–water partition coefficient (Wildman–Crippen LogP) is 4.06. The number of carbonyl (C=O) groups is 2. The molecule has 2 amide bonds. The van der Waals surface area contributed by atoms with Crippen molar-refractivity contribution >= 4 is 29.3 Å². The summed E-state index contributed by atoms with van der Waals surface area (Å²) < 4.78 is 21.0. The van der Waals surface area contributed by atoms with Crippen molar-refractivity contribution in [1.82, 2.24) is 4.90 Å². The van der Waals surface area contributed by atoms with E-state index in [9.17, 15) is 9.59 Å². The smallest absolute Gasteiger partial charge is 0.322 e. The molecule has 1 heterocycles. The molecule has 3 rings (SSSR count). The Balaban J connectivity index is 1.97. The van der Waals surface area contributed by atoms with E-state index >= 15 is 0 Å². The molecule has 1 aliphatic heterocycles. The largest absolute Gasteiger partial charge is 0.495 e. The minimum Gasteiger partial charge on any atom is -0.495 e. The second-order valence-electron chi connectivity index (χ2n) is 6.92. The molecule has 0 radical (unpaired) electrons. The number of urea groups is 1. The third kappa shape index (κ3) is 4.80. The number of rotatable bonds is 6. The Morgan fingerprint density at radius 3 is 2.35 bits per heavy atom. The first-order valence-electron chi connectivity index (χ1n) is 9.64. The van der Waals surface area contributed by atoms with Crippen molar-refractivity contribution in [3.8, 4) is 17.2 Å². The Labute approximate surface area is 186 Å². The van der Waals surface area contributed by atoms with E-state index in [1.54, 1.807) is 36.3 Å². The Morgan fingerprint density at radius 1 is 1.03 bits per heavy atom. The molecule has 0 bridgehead atoms. The van der Waals surface area contributed by atoms with Gasteiger partial charge in [-0.3, -0.25) is 4.79 Å². The van der Waals surface area contributed by atoms with E-state index in [0.717, 1.165) is 11.1 Å². The molecule has 2 aromatic carbocycles. The number of anilines is 1. The predicted molar refractivity (Wildman–Crippen MR) is 116 cm³/mol. The summed E-state index contributed by atoms with van der Waals surface area (Å²) in [6, 6.07) is 7.73. The fourth-order valence-corrected chi connectivity index (χ4v) is 3.87. The van der Waals surface area contributed by atoms with E-state index in [4.69, 9.17) is 30.5 Å². The molecule has 166 valence electrons. The SMILES string of the molecule is COC(=O)C[C@H]1c2cc(OC)c(OC)cc2CCN1C(=O)Nc1cc(Cl)ccc1OC. The number of nitrogens with one attached hydrogen (secondary N) is 1. The summed E-state index contributed by atoms with van der Waals surface area (Å²) in [7, 11) is 5.94. The highest BCUT2D eigenvalue weighted by molar-refractivity contribution is 6.31. The Kier molecular flexibility index (Phi) is 7.12. The summed E-state index contributed by atoms with van der Waals surface area (Å²) >= 11 is 6.08. The van der Waals surface area contributed by atoms with E-state index in [1.165, 1.54) is 21.3 Å². The third-order valence-electron chi connectivity index (χ3n) is 5.25. The number of halogens is 1. The zero-order valence-electron chi connectivity index (χ0n) is 17.9. The lowest BCUT2D eigenvalue weighted by Crippen LogP contribution is -2.43. The summed E-state index contributed by atoms with van der Waals surface area (Å²) in [5.74, 6) is 1.17. The monoisotopic (exact) mass is 448 g/mol. The first-order valence-corrected chi connectivity index (χ1v) is 10.0. The number of esters is 1. The first kappa shape index (κ1) is 22.6. The van der Waals surface area contributed by atoms with Gasteiger partial charge in [-0.1, -0.05) is 11.6 Å². The number of methoxy groups -OCH3 is 4. The first-order chi connectivity index (χ1) is 14.9. The van der Waals surface area contributed by atoms with Crippen molar-refractivity contribution in [2.45, 2.75) is 18.9 Å². The Morgan fingerprint density at radius 2 is 1.71 bits per heavy atom. The number of hydrogen-bond donors (Lipinski definition) is 1. The number of nitrogens with zero attached hydrogens (tertiary/aromatic N) is 1. The van der Waals surface area contributed by atoms with Gasteiger partial charge < -0.3 is 29.2 Å². The van der Waals surface area contributed by atoms with E-state index in [2.05, 4.69) is 5.32 Å². The molecule has 0 fully saturated rings. The van der Waals surface area contributed by atoms with Crippen LogP contribution in [0.4, 0.5) is 10.5 Å². The lowest BCUT2D eigenvalue weighted by atomic mass is 9.90. The molecule has 9 heteroatoms. The van der Waals surface area contributed by atoms with E-state index < -0.39 is 12.0 Å². The molecular weight excluding hydrogens is 424 g/mol. The standard InChI is InChI=1S/C22H25ClN2O6/c1-28-18-6-5-14(23)10-16(18)24-22(27)25-8-7-13-9-19(29-2)20(30-3)11-15(13)17(25)12-21(26)31-4/h5-6,9-11,17H,7-8,12H2,1-4H3,(H,24,27)/t17-/m0/s1. The van der Waals surface area contributed by atoms with Crippen LogP contribution in [0.1, 0.15) is 23.6 Å². The van der Waals surface area contributed by atoms with Gasteiger partial charge >= 0.3 is 12.0 Å². The minimum absolute atomic E-state index is 0.000909. The van der Waals surface area contributed by atoms with Crippen LogP contribution in [0.25, 0.3) is 0 Å². The number of amides is 2. The van der Waals surface area contributed by atoms with Crippen molar-refractivity contribution < 1.29 is 28.5 Å². The van der Waals surface area contributed by atoms with Gasteiger partial charge in [0.05, 0.1) is 46.6 Å². The highest BCUT2D eigenvalue weighted by atomic mass is 35.5. The molecule has 1 N–H and O–H groups in total. The molecule has 31 heavy (non-hydrogen) atoms. The Bertz CT molecular complexity index is 981. The number of hydrogen-bond acceptors (Lipinski definition) is 6. The number of ether oxygens (including phenoxy) is 4. The van der Waals surface area contributed by atoms with Gasteiger partial charge in [0.25, 0.3) is 0 Å². The van der Waals surface area contributed by atoms with Crippen LogP contribution in [-0.2, 0) is 16.0 Å². The summed E-state index contributed by atoms with van der Waals surface area (Å²) in [4.78, 5) is 27.0. The van der Waals surface area contributed by atoms with Crippen molar-refractivity contribution in [3.05, 3.63) is 46.5 Å².